The van der Waals surface area contributed by atoms with E-state index in [-0.39, 0.29) is 23.7 Å². The lowest BCUT2D eigenvalue weighted by atomic mass is 10.1. The van der Waals surface area contributed by atoms with Gasteiger partial charge in [-0.25, -0.2) is 0 Å². The van der Waals surface area contributed by atoms with E-state index in [9.17, 15) is 9.59 Å². The summed E-state index contributed by atoms with van der Waals surface area (Å²) in [6.07, 6.45) is 2.78. The standard InChI is InChI=1S/C21H20Cl2N2O2/c22-13-7-8-19(17(11-13)21(27)25-9-3-4-10-25)24-20(26)16-12-15(16)14-5-1-2-6-18(14)23/h1-2,5-8,11,15-16H,3-4,9-10,12H2,(H,24,26). The summed E-state index contributed by atoms with van der Waals surface area (Å²) in [6.45, 7) is 1.49. The van der Waals surface area contributed by atoms with Gasteiger partial charge in [0.1, 0.15) is 0 Å². The number of amides is 2. The monoisotopic (exact) mass is 402 g/mol. The van der Waals surface area contributed by atoms with Gasteiger partial charge >= 0.3 is 0 Å². The minimum atomic E-state index is -0.129. The van der Waals surface area contributed by atoms with E-state index in [4.69, 9.17) is 23.2 Å². The van der Waals surface area contributed by atoms with E-state index in [1.807, 2.05) is 29.2 Å². The van der Waals surface area contributed by atoms with E-state index in [0.717, 1.165) is 37.9 Å². The van der Waals surface area contributed by atoms with Crippen molar-refractivity contribution in [1.82, 2.24) is 4.90 Å². The molecule has 2 amide bonds. The van der Waals surface area contributed by atoms with Crippen molar-refractivity contribution in [3.05, 3.63) is 63.6 Å². The summed E-state index contributed by atoms with van der Waals surface area (Å²) in [5.41, 5.74) is 1.97. The molecule has 0 aromatic heterocycles. The van der Waals surface area contributed by atoms with Gasteiger partial charge in [-0.15, -0.1) is 0 Å². The van der Waals surface area contributed by atoms with Gasteiger partial charge < -0.3 is 10.2 Å². The van der Waals surface area contributed by atoms with Gasteiger partial charge in [0.2, 0.25) is 5.91 Å². The maximum absolute atomic E-state index is 12.8. The lowest BCUT2D eigenvalue weighted by Crippen LogP contribution is -2.29. The highest BCUT2D eigenvalue weighted by Gasteiger charge is 2.45. The van der Waals surface area contributed by atoms with Crippen molar-refractivity contribution >= 4 is 40.7 Å². The number of nitrogens with zero attached hydrogens (tertiary/aromatic N) is 1. The van der Waals surface area contributed by atoms with Crippen molar-refractivity contribution < 1.29 is 9.59 Å². The summed E-state index contributed by atoms with van der Waals surface area (Å²) >= 11 is 12.4. The first-order chi connectivity index (χ1) is 13.0. The van der Waals surface area contributed by atoms with Gasteiger partial charge in [-0.1, -0.05) is 41.4 Å². The van der Waals surface area contributed by atoms with Crippen LogP contribution >= 0.6 is 23.2 Å². The van der Waals surface area contributed by atoms with Gasteiger partial charge in [-0.2, -0.15) is 0 Å². The molecule has 1 aliphatic heterocycles. The van der Waals surface area contributed by atoms with E-state index in [1.165, 1.54) is 0 Å². The molecule has 2 unspecified atom stereocenters. The molecule has 0 bridgehead atoms. The predicted octanol–water partition coefficient (Wildman–Crippen LogP) is 4.97. The highest BCUT2D eigenvalue weighted by molar-refractivity contribution is 6.31. The smallest absolute Gasteiger partial charge is 0.256 e. The molecule has 1 heterocycles. The summed E-state index contributed by atoms with van der Waals surface area (Å²) < 4.78 is 0. The Morgan fingerprint density at radius 2 is 1.78 bits per heavy atom. The maximum Gasteiger partial charge on any atom is 0.256 e. The van der Waals surface area contributed by atoms with E-state index >= 15 is 0 Å². The van der Waals surface area contributed by atoms with Crippen LogP contribution < -0.4 is 5.32 Å². The zero-order chi connectivity index (χ0) is 19.0. The maximum atomic E-state index is 12.8. The van der Waals surface area contributed by atoms with Crippen molar-refractivity contribution in [3.63, 3.8) is 0 Å². The predicted molar refractivity (Wildman–Crippen MR) is 108 cm³/mol. The number of carbonyl (C=O) groups is 2. The lowest BCUT2D eigenvalue weighted by molar-refractivity contribution is -0.117. The molecule has 6 heteroatoms. The van der Waals surface area contributed by atoms with Gasteiger partial charge in [0.25, 0.3) is 5.91 Å². The third-order valence-corrected chi connectivity index (χ3v) is 5.87. The van der Waals surface area contributed by atoms with Crippen LogP contribution in [0.2, 0.25) is 10.0 Å². The first-order valence-electron chi connectivity index (χ1n) is 9.18. The molecule has 1 aliphatic carbocycles. The number of hydrogen-bond acceptors (Lipinski definition) is 2. The number of rotatable bonds is 4. The summed E-state index contributed by atoms with van der Waals surface area (Å²) in [5.74, 6) is -0.166. The van der Waals surface area contributed by atoms with E-state index in [1.54, 1.807) is 18.2 Å². The van der Waals surface area contributed by atoms with Crippen LogP contribution in [0.5, 0.6) is 0 Å². The van der Waals surface area contributed by atoms with E-state index < -0.39 is 0 Å². The molecule has 2 aliphatic rings. The minimum absolute atomic E-state index is 0.0799. The number of benzene rings is 2. The Hall–Kier alpha value is -2.04. The van der Waals surface area contributed by atoms with Crippen LogP contribution in [0.1, 0.15) is 41.1 Å². The summed E-state index contributed by atoms with van der Waals surface area (Å²) in [4.78, 5) is 27.4. The van der Waals surface area contributed by atoms with Crippen molar-refractivity contribution in [2.24, 2.45) is 5.92 Å². The molecule has 2 atom stereocenters. The van der Waals surface area contributed by atoms with Crippen LogP contribution in [0.25, 0.3) is 0 Å². The highest BCUT2D eigenvalue weighted by atomic mass is 35.5. The van der Waals surface area contributed by atoms with E-state index in [2.05, 4.69) is 5.32 Å². The number of halogens is 2. The number of anilines is 1. The van der Waals surface area contributed by atoms with Crippen molar-refractivity contribution in [1.29, 1.82) is 0 Å². The Morgan fingerprint density at radius 3 is 2.52 bits per heavy atom. The van der Waals surface area contributed by atoms with Gasteiger partial charge in [0.05, 0.1) is 11.3 Å². The molecule has 0 radical (unpaired) electrons. The topological polar surface area (TPSA) is 49.4 Å². The minimum Gasteiger partial charge on any atom is -0.339 e. The Bertz CT molecular complexity index is 894. The molecule has 2 aromatic carbocycles. The second kappa shape index (κ2) is 7.53. The fraction of sp³-hybridized carbons (Fsp3) is 0.333. The Balaban J connectivity index is 1.50. The van der Waals surface area contributed by atoms with Gasteiger partial charge in [-0.05, 0) is 55.0 Å². The largest absolute Gasteiger partial charge is 0.339 e. The van der Waals surface area contributed by atoms with Crippen LogP contribution in [0.4, 0.5) is 5.69 Å². The average molecular weight is 403 g/mol. The Labute approximate surface area is 168 Å². The first-order valence-corrected chi connectivity index (χ1v) is 9.94. The molecule has 1 saturated carbocycles. The highest BCUT2D eigenvalue weighted by Crippen LogP contribution is 2.50. The summed E-state index contributed by atoms with van der Waals surface area (Å²) in [7, 11) is 0. The zero-order valence-electron chi connectivity index (χ0n) is 14.8. The zero-order valence-corrected chi connectivity index (χ0v) is 16.3. The number of hydrogen-bond donors (Lipinski definition) is 1. The Morgan fingerprint density at radius 1 is 1.04 bits per heavy atom. The fourth-order valence-electron chi connectivity index (χ4n) is 3.72. The second-order valence-electron chi connectivity index (χ2n) is 7.15. The molecule has 1 N–H and O–H groups in total. The second-order valence-corrected chi connectivity index (χ2v) is 7.99. The summed E-state index contributed by atoms with van der Waals surface area (Å²) in [5, 5.41) is 4.11. The van der Waals surface area contributed by atoms with Crippen molar-refractivity contribution in [3.8, 4) is 0 Å². The van der Waals surface area contributed by atoms with Crippen LogP contribution in [0.3, 0.4) is 0 Å². The quantitative estimate of drug-likeness (QED) is 0.784. The number of likely N-dealkylation sites (tertiary alicyclic amines) is 1. The molecule has 140 valence electrons. The summed E-state index contributed by atoms with van der Waals surface area (Å²) in [6, 6.07) is 12.7. The molecule has 4 nitrogen and oxygen atoms in total. The van der Waals surface area contributed by atoms with Crippen LogP contribution in [-0.2, 0) is 4.79 Å². The SMILES string of the molecule is O=C(Nc1ccc(Cl)cc1C(=O)N1CCCC1)C1CC1c1ccccc1Cl. The Kier molecular flexibility index (Phi) is 5.11. The molecular formula is C21H20Cl2N2O2. The van der Waals surface area contributed by atoms with Crippen LogP contribution in [0.15, 0.2) is 42.5 Å². The third-order valence-electron chi connectivity index (χ3n) is 5.30. The van der Waals surface area contributed by atoms with Crippen molar-refractivity contribution in [2.75, 3.05) is 18.4 Å². The van der Waals surface area contributed by atoms with Gasteiger partial charge in [-0.3, -0.25) is 9.59 Å². The number of nitrogens with one attached hydrogen (secondary N) is 1. The molecular weight excluding hydrogens is 383 g/mol. The van der Waals surface area contributed by atoms with E-state index in [0.29, 0.717) is 21.3 Å². The average Bonchev–Trinajstić information content (AvgIpc) is 3.26. The lowest BCUT2D eigenvalue weighted by Gasteiger charge is -2.18. The van der Waals surface area contributed by atoms with Crippen molar-refractivity contribution in [2.45, 2.75) is 25.2 Å². The third kappa shape index (κ3) is 3.83. The van der Waals surface area contributed by atoms with Crippen LogP contribution in [-0.4, -0.2) is 29.8 Å². The molecule has 27 heavy (non-hydrogen) atoms. The van der Waals surface area contributed by atoms with Crippen LogP contribution in [0, 0.1) is 5.92 Å². The fourth-order valence-corrected chi connectivity index (χ4v) is 4.17. The molecule has 2 aromatic rings. The normalized spacial score (nSPS) is 21.2. The van der Waals surface area contributed by atoms with Gasteiger partial charge in [0.15, 0.2) is 0 Å². The number of carbonyl (C=O) groups excluding carboxylic acids is 2. The molecule has 0 spiro atoms. The molecule has 1 saturated heterocycles. The molecule has 4 rings (SSSR count). The first kappa shape index (κ1) is 18.3. The van der Waals surface area contributed by atoms with Gasteiger partial charge in [0, 0.05) is 29.1 Å². The molecule has 2 fully saturated rings.